The van der Waals surface area contributed by atoms with Gasteiger partial charge in [0.05, 0.1) is 12.8 Å². The van der Waals surface area contributed by atoms with Gasteiger partial charge < -0.3 is 9.94 Å². The number of benzene rings is 1. The second-order valence-electron chi connectivity index (χ2n) is 3.11. The monoisotopic (exact) mass is 204 g/mol. The molecule has 4 nitrogen and oxygen atoms in total. The molecule has 0 aliphatic heterocycles. The largest absolute Gasteiger partial charge is 0.392 e. The first-order valence-corrected chi connectivity index (χ1v) is 4.71. The van der Waals surface area contributed by atoms with Crippen LogP contribution < -0.4 is 4.84 Å². The van der Waals surface area contributed by atoms with E-state index >= 15 is 0 Å². The lowest BCUT2D eigenvalue weighted by molar-refractivity contribution is 0.0555. The van der Waals surface area contributed by atoms with Crippen LogP contribution in [0.3, 0.4) is 0 Å². The van der Waals surface area contributed by atoms with Crippen molar-refractivity contribution in [1.82, 2.24) is 9.94 Å². The van der Waals surface area contributed by atoms with Crippen LogP contribution in [0, 0.1) is 0 Å². The minimum absolute atomic E-state index is 0.0746. The topological polar surface area (TPSA) is 47.3 Å². The zero-order chi connectivity index (χ0) is 10.5. The molecule has 4 heteroatoms. The van der Waals surface area contributed by atoms with Crippen LogP contribution in [0.1, 0.15) is 11.3 Å². The summed E-state index contributed by atoms with van der Waals surface area (Å²) < 4.78 is 0. The zero-order valence-electron chi connectivity index (χ0n) is 8.21. The maximum absolute atomic E-state index is 8.96. The SMILES string of the molecule is OCc1ccnn1OCc1ccccc1. The van der Waals surface area contributed by atoms with Gasteiger partial charge in [-0.25, -0.2) is 0 Å². The van der Waals surface area contributed by atoms with E-state index in [-0.39, 0.29) is 6.61 Å². The molecule has 1 heterocycles. The highest BCUT2D eigenvalue weighted by atomic mass is 16.7. The van der Waals surface area contributed by atoms with Crippen molar-refractivity contribution >= 4 is 0 Å². The Kier molecular flexibility index (Phi) is 2.99. The van der Waals surface area contributed by atoms with Crippen molar-refractivity contribution < 1.29 is 9.94 Å². The Morgan fingerprint density at radius 3 is 2.73 bits per heavy atom. The maximum Gasteiger partial charge on any atom is 0.142 e. The first-order chi connectivity index (χ1) is 7.40. The standard InChI is InChI=1S/C11H12N2O2/c14-8-11-6-7-12-13(11)15-9-10-4-2-1-3-5-10/h1-7,14H,8-9H2. The van der Waals surface area contributed by atoms with Gasteiger partial charge in [0.15, 0.2) is 0 Å². The smallest absolute Gasteiger partial charge is 0.142 e. The van der Waals surface area contributed by atoms with Crippen molar-refractivity contribution in [3.8, 4) is 0 Å². The molecule has 0 atom stereocenters. The third-order valence-electron chi connectivity index (χ3n) is 2.04. The summed E-state index contributed by atoms with van der Waals surface area (Å²) in [5.74, 6) is 0. The van der Waals surface area contributed by atoms with E-state index in [2.05, 4.69) is 5.10 Å². The van der Waals surface area contributed by atoms with Crippen LogP contribution in [0.25, 0.3) is 0 Å². The molecule has 0 aliphatic carbocycles. The van der Waals surface area contributed by atoms with Gasteiger partial charge in [-0.05, 0) is 11.6 Å². The molecule has 2 rings (SSSR count). The van der Waals surface area contributed by atoms with Gasteiger partial charge in [-0.1, -0.05) is 30.3 Å². The molecule has 0 unspecified atom stereocenters. The third kappa shape index (κ3) is 2.35. The average Bonchev–Trinajstić information content (AvgIpc) is 2.75. The fraction of sp³-hybridized carbons (Fsp3) is 0.182. The lowest BCUT2D eigenvalue weighted by Crippen LogP contribution is -2.15. The summed E-state index contributed by atoms with van der Waals surface area (Å²) in [6.45, 7) is 0.365. The molecule has 1 aromatic carbocycles. The molecule has 1 aromatic heterocycles. The number of aliphatic hydroxyl groups is 1. The minimum Gasteiger partial charge on any atom is -0.392 e. The van der Waals surface area contributed by atoms with E-state index in [0.29, 0.717) is 12.3 Å². The Morgan fingerprint density at radius 2 is 2.00 bits per heavy atom. The molecule has 0 aliphatic rings. The van der Waals surface area contributed by atoms with Crippen LogP contribution in [0.15, 0.2) is 42.6 Å². The Bertz CT molecular complexity index is 412. The molecular formula is C11H12N2O2. The lowest BCUT2D eigenvalue weighted by atomic mass is 10.2. The lowest BCUT2D eigenvalue weighted by Gasteiger charge is -2.07. The number of hydrogen-bond acceptors (Lipinski definition) is 3. The van der Waals surface area contributed by atoms with Crippen molar-refractivity contribution in [3.05, 3.63) is 53.9 Å². The Hall–Kier alpha value is -1.81. The molecule has 0 fully saturated rings. The summed E-state index contributed by atoms with van der Waals surface area (Å²) in [6, 6.07) is 11.5. The van der Waals surface area contributed by atoms with Crippen molar-refractivity contribution in [2.24, 2.45) is 0 Å². The second kappa shape index (κ2) is 4.61. The van der Waals surface area contributed by atoms with Gasteiger partial charge in [-0.2, -0.15) is 0 Å². The zero-order valence-corrected chi connectivity index (χ0v) is 8.21. The molecule has 0 radical (unpaired) electrons. The van der Waals surface area contributed by atoms with Gasteiger partial charge in [0, 0.05) is 0 Å². The minimum atomic E-state index is -0.0746. The van der Waals surface area contributed by atoms with Crippen LogP contribution in [-0.2, 0) is 13.2 Å². The van der Waals surface area contributed by atoms with Crippen LogP contribution in [-0.4, -0.2) is 15.1 Å². The van der Waals surface area contributed by atoms with E-state index in [1.165, 1.54) is 4.85 Å². The summed E-state index contributed by atoms with van der Waals surface area (Å²) in [4.78, 5) is 6.74. The van der Waals surface area contributed by atoms with Gasteiger partial charge in [0.25, 0.3) is 0 Å². The summed E-state index contributed by atoms with van der Waals surface area (Å²) in [7, 11) is 0. The Morgan fingerprint density at radius 1 is 1.20 bits per heavy atom. The van der Waals surface area contributed by atoms with E-state index in [0.717, 1.165) is 5.56 Å². The summed E-state index contributed by atoms with van der Waals surface area (Å²) in [5, 5.41) is 12.9. The molecule has 0 bridgehead atoms. The second-order valence-corrected chi connectivity index (χ2v) is 3.11. The van der Waals surface area contributed by atoms with Crippen LogP contribution in [0.2, 0.25) is 0 Å². The van der Waals surface area contributed by atoms with E-state index in [9.17, 15) is 0 Å². The summed E-state index contributed by atoms with van der Waals surface area (Å²) in [6.07, 6.45) is 1.59. The highest BCUT2D eigenvalue weighted by molar-refractivity contribution is 5.13. The van der Waals surface area contributed by atoms with Gasteiger partial charge in [-0.3, -0.25) is 0 Å². The van der Waals surface area contributed by atoms with Crippen LogP contribution >= 0.6 is 0 Å². The van der Waals surface area contributed by atoms with Crippen molar-refractivity contribution in [2.45, 2.75) is 13.2 Å². The number of aliphatic hydroxyl groups excluding tert-OH is 1. The molecule has 78 valence electrons. The molecule has 0 saturated heterocycles. The normalized spacial score (nSPS) is 10.2. The van der Waals surface area contributed by atoms with Crippen LogP contribution in [0.4, 0.5) is 0 Å². The Balaban J connectivity index is 1.99. The highest BCUT2D eigenvalue weighted by Crippen LogP contribution is 2.01. The number of rotatable bonds is 4. The molecule has 0 amide bonds. The maximum atomic E-state index is 8.96. The fourth-order valence-electron chi connectivity index (χ4n) is 1.26. The molecule has 0 spiro atoms. The first kappa shape index (κ1) is 9.73. The van der Waals surface area contributed by atoms with Crippen LogP contribution in [0.5, 0.6) is 0 Å². The molecule has 0 saturated carbocycles. The first-order valence-electron chi connectivity index (χ1n) is 4.71. The van der Waals surface area contributed by atoms with Gasteiger partial charge >= 0.3 is 0 Å². The van der Waals surface area contributed by atoms with E-state index in [4.69, 9.17) is 9.94 Å². The van der Waals surface area contributed by atoms with Gasteiger partial charge in [0.1, 0.15) is 12.3 Å². The third-order valence-corrected chi connectivity index (χ3v) is 2.04. The van der Waals surface area contributed by atoms with Crippen molar-refractivity contribution in [2.75, 3.05) is 0 Å². The summed E-state index contributed by atoms with van der Waals surface area (Å²) in [5.41, 5.74) is 1.71. The highest BCUT2D eigenvalue weighted by Gasteiger charge is 2.01. The van der Waals surface area contributed by atoms with Gasteiger partial charge in [0.2, 0.25) is 0 Å². The van der Waals surface area contributed by atoms with Crippen molar-refractivity contribution in [3.63, 3.8) is 0 Å². The van der Waals surface area contributed by atoms with E-state index in [1.54, 1.807) is 12.3 Å². The predicted octanol–water partition coefficient (Wildman–Crippen LogP) is 1.00. The quantitative estimate of drug-likeness (QED) is 0.808. The number of nitrogens with zero attached hydrogens (tertiary/aromatic N) is 2. The number of aromatic nitrogens is 2. The Labute approximate surface area is 87.7 Å². The molecule has 2 aromatic rings. The van der Waals surface area contributed by atoms with E-state index in [1.807, 2.05) is 30.3 Å². The number of hydrogen-bond donors (Lipinski definition) is 1. The van der Waals surface area contributed by atoms with Crippen molar-refractivity contribution in [1.29, 1.82) is 0 Å². The predicted molar refractivity (Wildman–Crippen MR) is 54.9 cm³/mol. The van der Waals surface area contributed by atoms with Gasteiger partial charge in [-0.15, -0.1) is 9.94 Å². The average molecular weight is 204 g/mol. The molecular weight excluding hydrogens is 192 g/mol. The van der Waals surface area contributed by atoms with E-state index < -0.39 is 0 Å². The molecule has 15 heavy (non-hydrogen) atoms. The molecule has 1 N–H and O–H groups in total. The fourth-order valence-corrected chi connectivity index (χ4v) is 1.26. The summed E-state index contributed by atoms with van der Waals surface area (Å²) >= 11 is 0.